The van der Waals surface area contributed by atoms with Crippen LogP contribution in [0.15, 0.2) is 24.3 Å². The lowest BCUT2D eigenvalue weighted by Gasteiger charge is -2.47. The van der Waals surface area contributed by atoms with E-state index in [9.17, 15) is 9.59 Å². The molecule has 3 heterocycles. The van der Waals surface area contributed by atoms with Gasteiger partial charge in [-0.3, -0.25) is 14.3 Å². The van der Waals surface area contributed by atoms with Crippen LogP contribution in [0.25, 0.3) is 10.9 Å². The number of nitrogens with zero attached hydrogens (tertiary/aromatic N) is 3. The van der Waals surface area contributed by atoms with Gasteiger partial charge in [-0.05, 0) is 38.2 Å². The van der Waals surface area contributed by atoms with Crippen LogP contribution in [0, 0.1) is 0 Å². The summed E-state index contributed by atoms with van der Waals surface area (Å²) in [6, 6.07) is 8.41. The maximum absolute atomic E-state index is 12.7. The molecule has 6 heteroatoms. The van der Waals surface area contributed by atoms with Gasteiger partial charge in [-0.1, -0.05) is 18.2 Å². The number of amides is 2. The molecule has 0 spiro atoms. The normalized spacial score (nSPS) is 26.4. The number of fused-ring (bicyclic) bond motifs is 3. The maximum Gasteiger partial charge on any atom is 0.272 e. The van der Waals surface area contributed by atoms with E-state index in [4.69, 9.17) is 0 Å². The molecule has 126 valence electrons. The van der Waals surface area contributed by atoms with Crippen molar-refractivity contribution in [3.8, 4) is 0 Å². The Labute approximate surface area is 140 Å². The van der Waals surface area contributed by atoms with Gasteiger partial charge in [0, 0.05) is 30.6 Å². The summed E-state index contributed by atoms with van der Waals surface area (Å²) in [5.74, 6) is -0.116. The zero-order chi connectivity index (χ0) is 16.7. The first-order valence-corrected chi connectivity index (χ1v) is 8.62. The van der Waals surface area contributed by atoms with Crippen molar-refractivity contribution in [3.63, 3.8) is 0 Å². The predicted octanol–water partition coefficient (Wildman–Crippen LogP) is 1.84. The molecule has 2 aliphatic rings. The number of aryl methyl sites for hydroxylation is 1. The van der Waals surface area contributed by atoms with Gasteiger partial charge in [-0.2, -0.15) is 5.10 Å². The molecule has 24 heavy (non-hydrogen) atoms. The Bertz CT molecular complexity index is 770. The Morgan fingerprint density at radius 3 is 2.67 bits per heavy atom. The highest BCUT2D eigenvalue weighted by Gasteiger charge is 2.38. The van der Waals surface area contributed by atoms with Crippen LogP contribution in [0.5, 0.6) is 0 Å². The van der Waals surface area contributed by atoms with E-state index in [1.54, 1.807) is 4.68 Å². The van der Waals surface area contributed by atoms with Crippen LogP contribution in [-0.2, 0) is 11.8 Å². The monoisotopic (exact) mass is 326 g/mol. The number of carbonyl (C=O) groups excluding carboxylic acids is 2. The van der Waals surface area contributed by atoms with Gasteiger partial charge in [-0.15, -0.1) is 0 Å². The summed E-state index contributed by atoms with van der Waals surface area (Å²) in [5, 5.41) is 8.43. The predicted molar refractivity (Wildman–Crippen MR) is 90.5 cm³/mol. The SMILES string of the molecule is Cn1nc(C(=O)NC2C[C@H]3CCC[C@@H](C2)N3C=O)c2ccccc21. The van der Waals surface area contributed by atoms with E-state index in [-0.39, 0.29) is 24.0 Å². The summed E-state index contributed by atoms with van der Waals surface area (Å²) >= 11 is 0. The molecule has 0 aliphatic carbocycles. The Balaban J connectivity index is 1.53. The third-order valence-electron chi connectivity index (χ3n) is 5.46. The number of benzene rings is 1. The fraction of sp³-hybridized carbons (Fsp3) is 0.500. The average Bonchev–Trinajstić information content (AvgIpc) is 2.91. The summed E-state index contributed by atoms with van der Waals surface area (Å²) < 4.78 is 1.74. The lowest BCUT2D eigenvalue weighted by Crippen LogP contribution is -2.56. The average molecular weight is 326 g/mol. The molecule has 0 radical (unpaired) electrons. The van der Waals surface area contributed by atoms with E-state index in [1.165, 1.54) is 6.42 Å². The van der Waals surface area contributed by atoms with Crippen molar-refractivity contribution in [2.75, 3.05) is 0 Å². The lowest BCUT2D eigenvalue weighted by atomic mass is 9.82. The number of aromatic nitrogens is 2. The minimum absolute atomic E-state index is 0.116. The minimum atomic E-state index is -0.116. The van der Waals surface area contributed by atoms with Crippen molar-refractivity contribution < 1.29 is 9.59 Å². The quantitative estimate of drug-likeness (QED) is 0.875. The van der Waals surface area contributed by atoms with E-state index in [0.717, 1.165) is 43.0 Å². The zero-order valence-electron chi connectivity index (χ0n) is 13.8. The van der Waals surface area contributed by atoms with Crippen molar-refractivity contribution in [2.45, 2.75) is 50.2 Å². The van der Waals surface area contributed by atoms with Crippen LogP contribution in [0.2, 0.25) is 0 Å². The first kappa shape index (κ1) is 15.2. The third-order valence-corrected chi connectivity index (χ3v) is 5.46. The highest BCUT2D eigenvalue weighted by Crippen LogP contribution is 2.33. The summed E-state index contributed by atoms with van der Waals surface area (Å²) in [6.07, 6.45) is 5.91. The van der Waals surface area contributed by atoms with Crippen molar-refractivity contribution in [2.24, 2.45) is 7.05 Å². The number of rotatable bonds is 3. The molecule has 1 aromatic heterocycles. The summed E-state index contributed by atoms with van der Waals surface area (Å²) in [5.41, 5.74) is 1.44. The van der Waals surface area contributed by atoms with Gasteiger partial charge in [0.25, 0.3) is 5.91 Å². The second-order valence-corrected chi connectivity index (χ2v) is 6.92. The number of hydrogen-bond acceptors (Lipinski definition) is 3. The molecule has 2 bridgehead atoms. The highest BCUT2D eigenvalue weighted by molar-refractivity contribution is 6.04. The molecule has 2 aliphatic heterocycles. The van der Waals surface area contributed by atoms with Gasteiger partial charge in [0.05, 0.1) is 5.52 Å². The first-order chi connectivity index (χ1) is 11.7. The van der Waals surface area contributed by atoms with E-state index in [2.05, 4.69) is 10.4 Å². The van der Waals surface area contributed by atoms with E-state index >= 15 is 0 Å². The number of nitrogens with one attached hydrogen (secondary N) is 1. The summed E-state index contributed by atoms with van der Waals surface area (Å²) in [6.45, 7) is 0. The van der Waals surface area contributed by atoms with Crippen LogP contribution in [0.3, 0.4) is 0 Å². The van der Waals surface area contributed by atoms with Gasteiger partial charge < -0.3 is 10.2 Å². The number of hydrogen-bond donors (Lipinski definition) is 1. The molecular formula is C18H22N4O2. The number of carbonyl (C=O) groups is 2. The van der Waals surface area contributed by atoms with Crippen LogP contribution in [0.1, 0.15) is 42.6 Å². The van der Waals surface area contributed by atoms with E-state index in [1.807, 2.05) is 36.2 Å². The number of piperidine rings is 2. The largest absolute Gasteiger partial charge is 0.348 e. The summed E-state index contributed by atoms with van der Waals surface area (Å²) in [4.78, 5) is 26.0. The second kappa shape index (κ2) is 5.92. The Hall–Kier alpha value is -2.37. The fourth-order valence-electron chi connectivity index (χ4n) is 4.34. The van der Waals surface area contributed by atoms with Crippen LogP contribution >= 0.6 is 0 Å². The van der Waals surface area contributed by atoms with Crippen molar-refractivity contribution >= 4 is 23.2 Å². The first-order valence-electron chi connectivity index (χ1n) is 8.62. The molecule has 2 fully saturated rings. The second-order valence-electron chi connectivity index (χ2n) is 6.92. The summed E-state index contributed by atoms with van der Waals surface area (Å²) in [7, 11) is 1.85. The molecule has 3 atom stereocenters. The van der Waals surface area contributed by atoms with Gasteiger partial charge in [0.1, 0.15) is 0 Å². The van der Waals surface area contributed by atoms with Gasteiger partial charge in [-0.25, -0.2) is 0 Å². The van der Waals surface area contributed by atoms with Crippen molar-refractivity contribution in [3.05, 3.63) is 30.0 Å². The molecule has 4 rings (SSSR count). The van der Waals surface area contributed by atoms with Crippen LogP contribution < -0.4 is 5.32 Å². The third kappa shape index (κ3) is 2.46. The smallest absolute Gasteiger partial charge is 0.272 e. The Morgan fingerprint density at radius 1 is 1.25 bits per heavy atom. The fourth-order valence-corrected chi connectivity index (χ4v) is 4.34. The van der Waals surface area contributed by atoms with Crippen LogP contribution in [0.4, 0.5) is 0 Å². The molecule has 1 N–H and O–H groups in total. The molecule has 0 saturated carbocycles. The maximum atomic E-state index is 12.7. The molecule has 6 nitrogen and oxygen atoms in total. The Kier molecular flexibility index (Phi) is 3.75. The molecule has 2 aromatic rings. The van der Waals surface area contributed by atoms with E-state index < -0.39 is 0 Å². The Morgan fingerprint density at radius 2 is 1.96 bits per heavy atom. The standard InChI is InChI=1S/C18H22N4O2/c1-21-16-8-3-2-7-15(16)17(20-21)18(24)19-12-9-13-5-4-6-14(10-12)22(13)11-23/h2-3,7-8,11-14H,4-6,9-10H2,1H3,(H,19,24)/t12?,13-,14+. The topological polar surface area (TPSA) is 67.2 Å². The zero-order valence-corrected chi connectivity index (χ0v) is 13.8. The molecule has 1 aromatic carbocycles. The minimum Gasteiger partial charge on any atom is -0.348 e. The van der Waals surface area contributed by atoms with Crippen molar-refractivity contribution in [1.29, 1.82) is 0 Å². The molecule has 2 saturated heterocycles. The van der Waals surface area contributed by atoms with Gasteiger partial charge in [0.2, 0.25) is 6.41 Å². The van der Waals surface area contributed by atoms with Gasteiger partial charge in [0.15, 0.2) is 5.69 Å². The molecule has 2 amide bonds. The van der Waals surface area contributed by atoms with Crippen molar-refractivity contribution in [1.82, 2.24) is 20.0 Å². The van der Waals surface area contributed by atoms with E-state index in [0.29, 0.717) is 5.69 Å². The molecule has 1 unspecified atom stereocenters. The van der Waals surface area contributed by atoms with Gasteiger partial charge >= 0.3 is 0 Å². The highest BCUT2D eigenvalue weighted by atomic mass is 16.2. The number of para-hydroxylation sites is 1. The lowest BCUT2D eigenvalue weighted by molar-refractivity contribution is -0.127. The van der Waals surface area contributed by atoms with Crippen LogP contribution in [-0.4, -0.2) is 45.1 Å². The molecular weight excluding hydrogens is 304 g/mol.